The van der Waals surface area contributed by atoms with E-state index in [2.05, 4.69) is 45.4 Å². The maximum Gasteiger partial charge on any atom is 0.246 e. The normalized spacial score (nSPS) is 32.1. The summed E-state index contributed by atoms with van der Waals surface area (Å²) < 4.78 is 5.49. The number of aromatic nitrogens is 2. The number of hydrogen-bond acceptors (Lipinski definition) is 5. The maximum atomic E-state index is 6.20. The van der Waals surface area contributed by atoms with Gasteiger partial charge in [-0.05, 0) is 44.2 Å². The third kappa shape index (κ3) is 2.14. The summed E-state index contributed by atoms with van der Waals surface area (Å²) in [6, 6.07) is 11.8. The first kappa shape index (κ1) is 13.7. The molecule has 3 aliphatic rings. The molecule has 5 rings (SSSR count). The van der Waals surface area contributed by atoms with Gasteiger partial charge in [0.15, 0.2) is 5.82 Å². The average molecular weight is 310 g/mol. The van der Waals surface area contributed by atoms with Crippen LogP contribution in [0.3, 0.4) is 0 Å². The van der Waals surface area contributed by atoms with E-state index < -0.39 is 0 Å². The number of hydrogen-bond donors (Lipinski definition) is 1. The molecule has 2 N–H and O–H groups in total. The molecular weight excluding hydrogens is 288 g/mol. The standard InChI is InChI=1S/C18H22N4O/c19-18(8-9-18)17-20-16(21-23-17)13-11-15(12-5-2-1-3-6-12)22-10-4-7-14(13)22/h1-3,5-6,13-15H,4,7-11,19H2/t13-,14+,15-/m1/s1. The van der Waals surface area contributed by atoms with Crippen molar-refractivity contribution in [2.24, 2.45) is 5.73 Å². The lowest BCUT2D eigenvalue weighted by atomic mass is 9.94. The van der Waals surface area contributed by atoms with E-state index in [1.807, 2.05) is 0 Å². The molecule has 1 saturated carbocycles. The number of rotatable bonds is 3. The van der Waals surface area contributed by atoms with Crippen molar-refractivity contribution in [3.8, 4) is 0 Å². The molecular formula is C18H22N4O. The number of nitrogens with zero attached hydrogens (tertiary/aromatic N) is 3. The highest BCUT2D eigenvalue weighted by Gasteiger charge is 2.49. The summed E-state index contributed by atoms with van der Waals surface area (Å²) in [5.74, 6) is 1.87. The largest absolute Gasteiger partial charge is 0.337 e. The highest BCUT2D eigenvalue weighted by Crippen LogP contribution is 2.49. The first-order chi connectivity index (χ1) is 11.2. The molecule has 0 radical (unpaired) electrons. The van der Waals surface area contributed by atoms with Crippen LogP contribution in [0.1, 0.15) is 61.3 Å². The summed E-state index contributed by atoms with van der Waals surface area (Å²) in [6.07, 6.45) is 5.48. The van der Waals surface area contributed by atoms with Crippen LogP contribution in [0.4, 0.5) is 0 Å². The second kappa shape index (κ2) is 4.89. The Morgan fingerprint density at radius 1 is 1.22 bits per heavy atom. The van der Waals surface area contributed by atoms with Crippen LogP contribution in [0.25, 0.3) is 0 Å². The zero-order valence-electron chi connectivity index (χ0n) is 13.2. The summed E-state index contributed by atoms with van der Waals surface area (Å²) in [6.45, 7) is 1.17. The molecule has 1 aromatic carbocycles. The Hall–Kier alpha value is -1.72. The predicted octanol–water partition coefficient (Wildman–Crippen LogP) is 2.71. The van der Waals surface area contributed by atoms with Gasteiger partial charge in [-0.2, -0.15) is 4.98 Å². The maximum absolute atomic E-state index is 6.20. The molecule has 2 aromatic rings. The minimum Gasteiger partial charge on any atom is -0.337 e. The summed E-state index contributed by atoms with van der Waals surface area (Å²) in [5, 5.41) is 4.30. The fourth-order valence-corrected chi connectivity index (χ4v) is 4.38. The molecule has 3 heterocycles. The third-order valence-corrected chi connectivity index (χ3v) is 5.86. The van der Waals surface area contributed by atoms with Gasteiger partial charge in [-0.15, -0.1) is 0 Å². The van der Waals surface area contributed by atoms with Gasteiger partial charge in [0.25, 0.3) is 0 Å². The highest BCUT2D eigenvalue weighted by molar-refractivity contribution is 5.24. The van der Waals surface area contributed by atoms with Gasteiger partial charge < -0.3 is 10.3 Å². The predicted molar refractivity (Wildman–Crippen MR) is 85.7 cm³/mol. The van der Waals surface area contributed by atoms with Gasteiger partial charge in [0, 0.05) is 18.0 Å². The molecule has 1 aliphatic carbocycles. The number of benzene rings is 1. The molecule has 0 bridgehead atoms. The topological polar surface area (TPSA) is 68.2 Å². The minimum absolute atomic E-state index is 0.335. The molecule has 5 nitrogen and oxygen atoms in total. The quantitative estimate of drug-likeness (QED) is 0.944. The van der Waals surface area contributed by atoms with Gasteiger partial charge >= 0.3 is 0 Å². The number of fused-ring (bicyclic) bond motifs is 1. The van der Waals surface area contributed by atoms with Crippen molar-refractivity contribution in [3.63, 3.8) is 0 Å². The van der Waals surface area contributed by atoms with Gasteiger partial charge in [-0.1, -0.05) is 35.5 Å². The summed E-state index contributed by atoms with van der Waals surface area (Å²) in [7, 11) is 0. The first-order valence-corrected chi connectivity index (χ1v) is 8.68. The van der Waals surface area contributed by atoms with Crippen LogP contribution in [0.15, 0.2) is 34.9 Å². The summed E-state index contributed by atoms with van der Waals surface area (Å²) in [5.41, 5.74) is 7.27. The third-order valence-electron chi connectivity index (χ3n) is 5.86. The van der Waals surface area contributed by atoms with Gasteiger partial charge in [0.2, 0.25) is 5.89 Å². The van der Waals surface area contributed by atoms with Crippen LogP contribution in [0.2, 0.25) is 0 Å². The number of nitrogens with two attached hydrogens (primary N) is 1. The van der Waals surface area contributed by atoms with Crippen molar-refractivity contribution in [1.29, 1.82) is 0 Å². The zero-order valence-corrected chi connectivity index (χ0v) is 13.2. The average Bonchev–Trinajstić information content (AvgIpc) is 3.02. The minimum atomic E-state index is -0.335. The van der Waals surface area contributed by atoms with Crippen LogP contribution < -0.4 is 5.73 Å². The highest BCUT2D eigenvalue weighted by atomic mass is 16.5. The van der Waals surface area contributed by atoms with Gasteiger partial charge in [0.05, 0.1) is 5.54 Å². The fraction of sp³-hybridized carbons (Fsp3) is 0.556. The second-order valence-corrected chi connectivity index (χ2v) is 7.33. The van der Waals surface area contributed by atoms with E-state index in [-0.39, 0.29) is 5.54 Å². The Balaban J connectivity index is 1.46. The first-order valence-electron chi connectivity index (χ1n) is 8.68. The SMILES string of the molecule is NC1(c2nc([C@@H]3C[C@H](c4ccccc4)N4CCC[C@@H]34)no2)CC1. The Morgan fingerprint density at radius 3 is 2.83 bits per heavy atom. The van der Waals surface area contributed by atoms with Crippen molar-refractivity contribution in [2.45, 2.75) is 55.6 Å². The van der Waals surface area contributed by atoms with E-state index >= 15 is 0 Å². The smallest absolute Gasteiger partial charge is 0.246 e. The lowest BCUT2D eigenvalue weighted by molar-refractivity contribution is 0.243. The molecule has 120 valence electrons. The molecule has 5 heteroatoms. The van der Waals surface area contributed by atoms with Crippen molar-refractivity contribution in [3.05, 3.63) is 47.6 Å². The van der Waals surface area contributed by atoms with E-state index in [4.69, 9.17) is 10.3 Å². The van der Waals surface area contributed by atoms with E-state index in [1.54, 1.807) is 0 Å². The van der Waals surface area contributed by atoms with E-state index in [9.17, 15) is 0 Å². The zero-order chi connectivity index (χ0) is 15.4. The second-order valence-electron chi connectivity index (χ2n) is 7.33. The molecule has 3 atom stereocenters. The molecule has 3 fully saturated rings. The van der Waals surface area contributed by atoms with Crippen LogP contribution >= 0.6 is 0 Å². The van der Waals surface area contributed by atoms with Gasteiger partial charge in [-0.25, -0.2) is 0 Å². The van der Waals surface area contributed by atoms with Gasteiger partial charge in [0.1, 0.15) is 0 Å². The Bertz CT molecular complexity index is 709. The Kier molecular flexibility index (Phi) is 2.91. The molecule has 0 spiro atoms. The van der Waals surface area contributed by atoms with Crippen LogP contribution in [0, 0.1) is 0 Å². The van der Waals surface area contributed by atoms with Crippen LogP contribution in [-0.2, 0) is 5.54 Å². The summed E-state index contributed by atoms with van der Waals surface area (Å²) >= 11 is 0. The molecule has 2 aliphatic heterocycles. The molecule has 0 unspecified atom stereocenters. The van der Waals surface area contributed by atoms with Gasteiger partial charge in [-0.3, -0.25) is 4.90 Å². The lowest BCUT2D eigenvalue weighted by Crippen LogP contribution is -2.27. The van der Waals surface area contributed by atoms with Crippen molar-refractivity contribution >= 4 is 0 Å². The summed E-state index contributed by atoms with van der Waals surface area (Å²) in [4.78, 5) is 7.33. The lowest BCUT2D eigenvalue weighted by Gasteiger charge is -2.24. The Morgan fingerprint density at radius 2 is 2.04 bits per heavy atom. The molecule has 0 amide bonds. The van der Waals surface area contributed by atoms with Crippen LogP contribution in [-0.4, -0.2) is 27.6 Å². The van der Waals surface area contributed by atoms with Crippen molar-refractivity contribution < 1.29 is 4.52 Å². The van der Waals surface area contributed by atoms with E-state index in [0.29, 0.717) is 23.9 Å². The molecule has 23 heavy (non-hydrogen) atoms. The fourth-order valence-electron chi connectivity index (χ4n) is 4.38. The van der Waals surface area contributed by atoms with E-state index in [0.717, 1.165) is 25.1 Å². The Labute approximate surface area is 135 Å². The van der Waals surface area contributed by atoms with Crippen LogP contribution in [0.5, 0.6) is 0 Å². The molecule has 1 aromatic heterocycles. The van der Waals surface area contributed by atoms with Crippen molar-refractivity contribution in [1.82, 2.24) is 15.0 Å². The van der Waals surface area contributed by atoms with E-state index in [1.165, 1.54) is 24.9 Å². The molecule has 2 saturated heterocycles. The monoisotopic (exact) mass is 310 g/mol. The van der Waals surface area contributed by atoms with Crippen molar-refractivity contribution in [2.75, 3.05) is 6.54 Å².